The van der Waals surface area contributed by atoms with Crippen LogP contribution in [-0.2, 0) is 14.8 Å². The van der Waals surface area contributed by atoms with Crippen molar-refractivity contribution in [2.75, 3.05) is 39.8 Å². The van der Waals surface area contributed by atoms with Gasteiger partial charge >= 0.3 is 0 Å². The zero-order valence-electron chi connectivity index (χ0n) is 18.4. The molecule has 2 atom stereocenters. The van der Waals surface area contributed by atoms with E-state index in [1.807, 2.05) is 12.1 Å². The Balaban J connectivity index is 1.39. The molecular weight excluding hydrogens is 430 g/mol. The minimum absolute atomic E-state index is 0.000764. The third-order valence-corrected chi connectivity index (χ3v) is 8.25. The number of carbonyl (C=O) groups is 1. The quantitative estimate of drug-likeness (QED) is 0.650. The largest absolute Gasteiger partial charge is 0.497 e. The van der Waals surface area contributed by atoms with Gasteiger partial charge in [0.15, 0.2) is 0 Å². The van der Waals surface area contributed by atoms with Crippen molar-refractivity contribution in [2.24, 2.45) is 5.92 Å². The zero-order valence-corrected chi connectivity index (χ0v) is 19.2. The first-order valence-corrected chi connectivity index (χ1v) is 12.6. The smallest absolute Gasteiger partial charge is 0.243 e. The van der Waals surface area contributed by atoms with Gasteiger partial charge in [-0.05, 0) is 75.2 Å². The zero-order chi connectivity index (χ0) is 22.6. The second-order valence-electron chi connectivity index (χ2n) is 8.40. The Hall–Kier alpha value is -2.36. The summed E-state index contributed by atoms with van der Waals surface area (Å²) in [6, 6.07) is 10.2. The van der Waals surface area contributed by atoms with Crippen LogP contribution in [0.4, 0.5) is 0 Å². The van der Waals surface area contributed by atoms with Gasteiger partial charge in [-0.25, -0.2) is 8.42 Å². The molecule has 32 heavy (non-hydrogen) atoms. The standard InChI is InChI=1S/C23H31N3O5S/c1-30-19-8-10-20(11-9-19)32(28,29)26-14-4-6-18(17-26)23(27)24-16-21(22-7-5-15-31-22)25-12-2-3-13-25/h5,7-11,15,18,21H,2-4,6,12-14,16-17H2,1H3,(H,24,27)/t18-,21+/m0/s1. The minimum Gasteiger partial charge on any atom is -0.497 e. The van der Waals surface area contributed by atoms with Crippen molar-refractivity contribution < 1.29 is 22.4 Å². The predicted octanol–water partition coefficient (Wildman–Crippen LogP) is 2.64. The van der Waals surface area contributed by atoms with E-state index in [-0.39, 0.29) is 29.3 Å². The molecule has 8 nitrogen and oxygen atoms in total. The first kappa shape index (κ1) is 22.8. The van der Waals surface area contributed by atoms with Crippen LogP contribution in [0, 0.1) is 5.92 Å². The molecule has 1 aromatic heterocycles. The molecule has 2 fully saturated rings. The molecule has 3 heterocycles. The number of ether oxygens (including phenoxy) is 1. The lowest BCUT2D eigenvalue weighted by atomic mass is 9.98. The molecule has 0 bridgehead atoms. The lowest BCUT2D eigenvalue weighted by Gasteiger charge is -2.32. The summed E-state index contributed by atoms with van der Waals surface area (Å²) in [6.07, 6.45) is 5.28. The normalized spacial score (nSPS) is 21.3. The molecule has 1 amide bonds. The number of hydrogen-bond acceptors (Lipinski definition) is 6. The molecular formula is C23H31N3O5S. The van der Waals surface area contributed by atoms with Crippen LogP contribution < -0.4 is 10.1 Å². The number of hydrogen-bond donors (Lipinski definition) is 1. The number of benzene rings is 1. The van der Waals surface area contributed by atoms with E-state index in [4.69, 9.17) is 9.15 Å². The highest BCUT2D eigenvalue weighted by Gasteiger charge is 2.34. The molecule has 0 aliphatic carbocycles. The van der Waals surface area contributed by atoms with Gasteiger partial charge in [-0.3, -0.25) is 9.69 Å². The number of methoxy groups -OCH3 is 1. The van der Waals surface area contributed by atoms with Gasteiger partial charge in [-0.15, -0.1) is 0 Å². The van der Waals surface area contributed by atoms with E-state index in [0.717, 1.165) is 31.7 Å². The van der Waals surface area contributed by atoms with Crippen LogP contribution in [0.1, 0.15) is 37.5 Å². The van der Waals surface area contributed by atoms with Crippen LogP contribution in [0.5, 0.6) is 5.75 Å². The molecule has 2 aliphatic rings. The van der Waals surface area contributed by atoms with Crippen LogP contribution in [-0.4, -0.2) is 63.4 Å². The maximum absolute atomic E-state index is 13.1. The molecule has 4 rings (SSSR count). The second-order valence-corrected chi connectivity index (χ2v) is 10.3. The number of carbonyl (C=O) groups excluding carboxylic acids is 1. The molecule has 9 heteroatoms. The summed E-state index contributed by atoms with van der Waals surface area (Å²) in [5, 5.41) is 3.07. The van der Waals surface area contributed by atoms with Crippen LogP contribution in [0.25, 0.3) is 0 Å². The van der Waals surface area contributed by atoms with Gasteiger partial charge in [0.05, 0.1) is 30.2 Å². The molecule has 0 radical (unpaired) electrons. The molecule has 0 unspecified atom stereocenters. The van der Waals surface area contributed by atoms with Gasteiger partial charge < -0.3 is 14.5 Å². The Morgan fingerprint density at radius 3 is 2.56 bits per heavy atom. The van der Waals surface area contributed by atoms with Crippen molar-refractivity contribution in [3.8, 4) is 5.75 Å². The van der Waals surface area contributed by atoms with Gasteiger partial charge in [-0.1, -0.05) is 0 Å². The Kier molecular flexibility index (Phi) is 7.17. The number of nitrogens with one attached hydrogen (secondary N) is 1. The van der Waals surface area contributed by atoms with Gasteiger partial charge in [0.2, 0.25) is 15.9 Å². The van der Waals surface area contributed by atoms with E-state index in [1.165, 1.54) is 11.4 Å². The van der Waals surface area contributed by atoms with E-state index in [2.05, 4.69) is 10.2 Å². The van der Waals surface area contributed by atoms with Crippen LogP contribution >= 0.6 is 0 Å². The summed E-state index contributed by atoms with van der Waals surface area (Å²) in [4.78, 5) is 15.5. The average Bonchev–Trinajstić information content (AvgIpc) is 3.54. The number of amides is 1. The fourth-order valence-electron chi connectivity index (χ4n) is 4.56. The molecule has 2 saturated heterocycles. The Morgan fingerprint density at radius 2 is 1.91 bits per heavy atom. The van der Waals surface area contributed by atoms with E-state index in [0.29, 0.717) is 31.7 Å². The van der Waals surface area contributed by atoms with Gasteiger partial charge in [0.25, 0.3) is 0 Å². The van der Waals surface area contributed by atoms with Crippen LogP contribution in [0.3, 0.4) is 0 Å². The van der Waals surface area contributed by atoms with E-state index < -0.39 is 10.0 Å². The molecule has 174 valence electrons. The molecule has 1 aromatic carbocycles. The van der Waals surface area contributed by atoms with Crippen LogP contribution in [0.2, 0.25) is 0 Å². The number of piperidine rings is 1. The lowest BCUT2D eigenvalue weighted by Crippen LogP contribution is -2.46. The highest BCUT2D eigenvalue weighted by atomic mass is 32.2. The third kappa shape index (κ3) is 5.00. The first-order chi connectivity index (χ1) is 15.5. The molecule has 2 aliphatic heterocycles. The third-order valence-electron chi connectivity index (χ3n) is 6.37. The van der Waals surface area contributed by atoms with Gasteiger partial charge in [-0.2, -0.15) is 4.31 Å². The van der Waals surface area contributed by atoms with E-state index >= 15 is 0 Å². The van der Waals surface area contributed by atoms with Crippen molar-refractivity contribution in [2.45, 2.75) is 36.6 Å². The Labute approximate surface area is 189 Å². The maximum atomic E-state index is 13.1. The summed E-state index contributed by atoms with van der Waals surface area (Å²) in [5.41, 5.74) is 0. The molecule has 0 spiro atoms. The van der Waals surface area contributed by atoms with E-state index in [9.17, 15) is 13.2 Å². The van der Waals surface area contributed by atoms with Gasteiger partial charge in [0.1, 0.15) is 11.5 Å². The van der Waals surface area contributed by atoms with Crippen molar-refractivity contribution in [1.29, 1.82) is 0 Å². The fourth-order valence-corrected chi connectivity index (χ4v) is 6.08. The van der Waals surface area contributed by atoms with Gasteiger partial charge in [0, 0.05) is 19.6 Å². The number of sulfonamides is 1. The highest BCUT2D eigenvalue weighted by Crippen LogP contribution is 2.27. The number of likely N-dealkylation sites (tertiary alicyclic amines) is 1. The summed E-state index contributed by atoms with van der Waals surface area (Å²) < 4.78 is 38.3. The lowest BCUT2D eigenvalue weighted by molar-refractivity contribution is -0.126. The van der Waals surface area contributed by atoms with Crippen molar-refractivity contribution in [3.63, 3.8) is 0 Å². The Morgan fingerprint density at radius 1 is 1.16 bits per heavy atom. The van der Waals surface area contributed by atoms with Crippen molar-refractivity contribution in [3.05, 3.63) is 48.4 Å². The van der Waals surface area contributed by atoms with Crippen molar-refractivity contribution in [1.82, 2.24) is 14.5 Å². The summed E-state index contributed by atoms with van der Waals surface area (Å²) >= 11 is 0. The molecule has 0 saturated carbocycles. The Bertz CT molecular complexity index is 985. The fraction of sp³-hybridized carbons (Fsp3) is 0.522. The minimum atomic E-state index is -3.66. The van der Waals surface area contributed by atoms with Crippen molar-refractivity contribution >= 4 is 15.9 Å². The summed E-state index contributed by atoms with van der Waals surface area (Å²) in [6.45, 7) is 3.03. The second kappa shape index (κ2) is 10.1. The predicted molar refractivity (Wildman–Crippen MR) is 120 cm³/mol. The number of furan rings is 1. The molecule has 2 aromatic rings. The highest BCUT2D eigenvalue weighted by molar-refractivity contribution is 7.89. The maximum Gasteiger partial charge on any atom is 0.243 e. The summed E-state index contributed by atoms with van der Waals surface area (Å²) in [7, 11) is -2.12. The van der Waals surface area contributed by atoms with E-state index in [1.54, 1.807) is 30.5 Å². The number of rotatable bonds is 8. The van der Waals surface area contributed by atoms with Crippen LogP contribution in [0.15, 0.2) is 52.0 Å². The topological polar surface area (TPSA) is 92.1 Å². The SMILES string of the molecule is COc1ccc(S(=O)(=O)N2CCC[C@H](C(=O)NC[C@H](c3ccco3)N3CCCC3)C2)cc1. The summed E-state index contributed by atoms with van der Waals surface area (Å²) in [5.74, 6) is 0.978. The first-order valence-electron chi connectivity index (χ1n) is 11.2. The number of nitrogens with zero attached hydrogens (tertiary/aromatic N) is 2. The monoisotopic (exact) mass is 461 g/mol. The molecule has 1 N–H and O–H groups in total. The average molecular weight is 462 g/mol.